The molecule has 0 saturated heterocycles. The normalized spacial score (nSPS) is 12.5. The molecule has 0 heterocycles. The largest absolute Gasteiger partial charge is 0.441 e. The molecule has 1 rings (SSSR count). The highest BCUT2D eigenvalue weighted by Crippen LogP contribution is 2.19. The number of methoxy groups -OCH3 is 1. The fraction of sp³-hybridized carbons (Fsp3) is 0.500. The molecule has 0 saturated carbocycles. The molecule has 0 spiro atoms. The van der Waals surface area contributed by atoms with Crippen molar-refractivity contribution in [3.05, 3.63) is 29.8 Å². The molecule has 0 aliphatic carbocycles. The van der Waals surface area contributed by atoms with Crippen LogP contribution in [0.4, 0.5) is 0 Å². The van der Waals surface area contributed by atoms with E-state index in [0.717, 1.165) is 17.7 Å². The first-order chi connectivity index (χ1) is 7.31. The average molecular weight is 209 g/mol. The molecule has 83 valence electrons. The summed E-state index contributed by atoms with van der Waals surface area (Å²) in [5.74, 6) is 0.764. The molecule has 0 aliphatic rings. The van der Waals surface area contributed by atoms with Crippen molar-refractivity contribution in [2.24, 2.45) is 0 Å². The van der Waals surface area contributed by atoms with Crippen LogP contribution in [0.25, 0.3) is 0 Å². The van der Waals surface area contributed by atoms with Crippen molar-refractivity contribution < 1.29 is 14.2 Å². The van der Waals surface area contributed by atoms with Gasteiger partial charge in [-0.2, -0.15) is 0 Å². The zero-order valence-electron chi connectivity index (χ0n) is 9.45. The molecule has 0 amide bonds. The quantitative estimate of drug-likeness (QED) is 0.673. The minimum absolute atomic E-state index is 0.552. The van der Waals surface area contributed by atoms with Crippen LogP contribution in [0, 0.1) is 6.07 Å². The lowest BCUT2D eigenvalue weighted by Gasteiger charge is -2.18. The highest BCUT2D eigenvalue weighted by molar-refractivity contribution is 5.32. The van der Waals surface area contributed by atoms with E-state index in [-0.39, 0.29) is 0 Å². The van der Waals surface area contributed by atoms with Crippen LogP contribution in [0.1, 0.15) is 19.4 Å². The second-order valence-corrected chi connectivity index (χ2v) is 2.96. The summed E-state index contributed by atoms with van der Waals surface area (Å²) in [6.45, 7) is 3.86. The highest BCUT2D eigenvalue weighted by Gasteiger charge is 2.10. The summed E-state index contributed by atoms with van der Waals surface area (Å²) >= 11 is 0. The van der Waals surface area contributed by atoms with Gasteiger partial charge in [-0.15, -0.1) is 0 Å². The Balaban J connectivity index is 2.69. The van der Waals surface area contributed by atoms with E-state index in [2.05, 4.69) is 13.0 Å². The third-order valence-corrected chi connectivity index (χ3v) is 1.97. The van der Waals surface area contributed by atoms with Crippen molar-refractivity contribution >= 4 is 0 Å². The van der Waals surface area contributed by atoms with Gasteiger partial charge in [-0.3, -0.25) is 0 Å². The van der Waals surface area contributed by atoms with Gasteiger partial charge >= 0.3 is 6.48 Å². The molecule has 3 nitrogen and oxygen atoms in total. The zero-order chi connectivity index (χ0) is 11.1. The lowest BCUT2D eigenvalue weighted by atomic mass is 10.1. The van der Waals surface area contributed by atoms with Crippen molar-refractivity contribution in [2.45, 2.75) is 26.7 Å². The monoisotopic (exact) mass is 209 g/mol. The Morgan fingerprint density at radius 3 is 2.80 bits per heavy atom. The first kappa shape index (κ1) is 12.0. The fourth-order valence-corrected chi connectivity index (χ4v) is 1.23. The van der Waals surface area contributed by atoms with Gasteiger partial charge in [-0.1, -0.05) is 19.1 Å². The molecule has 0 bridgehead atoms. The van der Waals surface area contributed by atoms with Gasteiger partial charge in [0.2, 0.25) is 0 Å². The molecule has 1 radical (unpaired) electrons. The van der Waals surface area contributed by atoms with Crippen LogP contribution in [-0.2, 0) is 15.9 Å². The predicted octanol–water partition coefficient (Wildman–Crippen LogP) is 2.39. The van der Waals surface area contributed by atoms with Crippen LogP contribution in [0.3, 0.4) is 0 Å². The molecule has 1 unspecified atom stereocenters. The number of hydrogen-bond acceptors (Lipinski definition) is 3. The van der Waals surface area contributed by atoms with E-state index >= 15 is 0 Å². The third kappa shape index (κ3) is 3.53. The SMILES string of the molecule is CCOC(OC)Oc1ccc[c]c1CC. The topological polar surface area (TPSA) is 27.7 Å². The Morgan fingerprint density at radius 2 is 2.20 bits per heavy atom. The van der Waals surface area contributed by atoms with Gasteiger partial charge in [0.25, 0.3) is 0 Å². The number of benzene rings is 1. The Hall–Kier alpha value is -1.06. The maximum atomic E-state index is 5.55. The number of rotatable bonds is 6. The van der Waals surface area contributed by atoms with Gasteiger partial charge in [0.15, 0.2) is 0 Å². The van der Waals surface area contributed by atoms with Gasteiger partial charge in [-0.05, 0) is 25.5 Å². The van der Waals surface area contributed by atoms with Crippen molar-refractivity contribution in [3.63, 3.8) is 0 Å². The molecule has 0 aromatic heterocycles. The van der Waals surface area contributed by atoms with Crippen molar-refractivity contribution in [1.29, 1.82) is 0 Å². The van der Waals surface area contributed by atoms with E-state index < -0.39 is 6.48 Å². The summed E-state index contributed by atoms with van der Waals surface area (Å²) in [4.78, 5) is 0. The lowest BCUT2D eigenvalue weighted by Crippen LogP contribution is -2.23. The maximum Gasteiger partial charge on any atom is 0.315 e. The van der Waals surface area contributed by atoms with E-state index in [0.29, 0.717) is 6.61 Å². The van der Waals surface area contributed by atoms with Crippen LogP contribution in [0.2, 0.25) is 0 Å². The third-order valence-electron chi connectivity index (χ3n) is 1.97. The number of ether oxygens (including phenoxy) is 3. The molecule has 1 aromatic rings. The van der Waals surface area contributed by atoms with Crippen LogP contribution in [0.5, 0.6) is 5.75 Å². The number of hydrogen-bond donors (Lipinski definition) is 0. The summed E-state index contributed by atoms with van der Waals surface area (Å²) in [6.07, 6.45) is 0.874. The summed E-state index contributed by atoms with van der Waals surface area (Å²) in [7, 11) is 1.55. The van der Waals surface area contributed by atoms with Crippen molar-refractivity contribution in [2.75, 3.05) is 13.7 Å². The summed E-state index contributed by atoms with van der Waals surface area (Å²) in [5, 5.41) is 0. The molecule has 1 atom stereocenters. The highest BCUT2D eigenvalue weighted by atomic mass is 16.8. The van der Waals surface area contributed by atoms with Crippen LogP contribution in [0.15, 0.2) is 18.2 Å². The summed E-state index contributed by atoms with van der Waals surface area (Å²) < 4.78 is 15.8. The standard InChI is InChI=1S/C12H17O3/c1-4-10-8-6-7-9-11(10)15-12(13-3)14-5-2/h6-7,9,12H,4-5H2,1-3H3. The zero-order valence-corrected chi connectivity index (χ0v) is 9.45. The van der Waals surface area contributed by atoms with Gasteiger partial charge in [0.05, 0.1) is 6.61 Å². The Kier molecular flexibility index (Phi) is 5.15. The molecular formula is C12H17O3. The lowest BCUT2D eigenvalue weighted by molar-refractivity contribution is -0.231. The van der Waals surface area contributed by atoms with Crippen LogP contribution >= 0.6 is 0 Å². The number of aryl methyl sites for hydroxylation is 1. The van der Waals surface area contributed by atoms with Crippen molar-refractivity contribution in [1.82, 2.24) is 0 Å². The second-order valence-electron chi connectivity index (χ2n) is 2.96. The van der Waals surface area contributed by atoms with E-state index in [4.69, 9.17) is 14.2 Å². The predicted molar refractivity (Wildman–Crippen MR) is 57.7 cm³/mol. The Labute approximate surface area is 91.0 Å². The second kappa shape index (κ2) is 6.43. The van der Waals surface area contributed by atoms with E-state index in [9.17, 15) is 0 Å². The van der Waals surface area contributed by atoms with Gasteiger partial charge in [0.1, 0.15) is 5.75 Å². The van der Waals surface area contributed by atoms with E-state index in [1.54, 1.807) is 7.11 Å². The minimum Gasteiger partial charge on any atom is -0.441 e. The van der Waals surface area contributed by atoms with Crippen LogP contribution < -0.4 is 4.74 Å². The molecule has 1 aromatic carbocycles. The summed E-state index contributed by atoms with van der Waals surface area (Å²) in [5.41, 5.74) is 1.03. The fourth-order valence-electron chi connectivity index (χ4n) is 1.23. The first-order valence-corrected chi connectivity index (χ1v) is 5.12. The van der Waals surface area contributed by atoms with Gasteiger partial charge in [-0.25, -0.2) is 0 Å². The van der Waals surface area contributed by atoms with E-state index in [1.165, 1.54) is 0 Å². The van der Waals surface area contributed by atoms with Crippen molar-refractivity contribution in [3.8, 4) is 5.75 Å². The van der Waals surface area contributed by atoms with Gasteiger partial charge < -0.3 is 14.2 Å². The molecule has 3 heteroatoms. The maximum absolute atomic E-state index is 5.55. The molecular weight excluding hydrogens is 192 g/mol. The smallest absolute Gasteiger partial charge is 0.315 e. The summed E-state index contributed by atoms with van der Waals surface area (Å²) in [6, 6.07) is 8.76. The Morgan fingerprint density at radius 1 is 1.40 bits per heavy atom. The molecule has 0 aliphatic heterocycles. The van der Waals surface area contributed by atoms with Crippen LogP contribution in [-0.4, -0.2) is 20.2 Å². The average Bonchev–Trinajstić information content (AvgIpc) is 2.29. The molecule has 0 N–H and O–H groups in total. The Bertz CT molecular complexity index is 286. The minimum atomic E-state index is -0.643. The first-order valence-electron chi connectivity index (χ1n) is 5.12. The molecule has 15 heavy (non-hydrogen) atoms. The van der Waals surface area contributed by atoms with E-state index in [1.807, 2.05) is 25.1 Å². The van der Waals surface area contributed by atoms with Gasteiger partial charge in [0, 0.05) is 12.7 Å². The molecule has 0 fully saturated rings.